The maximum Gasteiger partial charge on any atom is 0.408 e. The summed E-state index contributed by atoms with van der Waals surface area (Å²) in [5.41, 5.74) is -2.78. The van der Waals surface area contributed by atoms with Crippen molar-refractivity contribution in [3.05, 3.63) is 12.8 Å². The third-order valence-electron chi connectivity index (χ3n) is 4.95. The number of rotatable bonds is 7. The lowest BCUT2D eigenvalue weighted by atomic mass is 9.93. The molecule has 5 atom stereocenters. The Bertz CT molecular complexity index is 893. The average Bonchev–Trinajstić information content (AvgIpc) is 3.32. The first-order valence-electron chi connectivity index (χ1n) is 9.72. The number of amides is 2. The maximum atomic E-state index is 12.8. The molecule has 2 amide bonds. The fourth-order valence-corrected chi connectivity index (χ4v) is 6.47. The Morgan fingerprint density at radius 1 is 1.26 bits per heavy atom. The van der Waals surface area contributed by atoms with E-state index in [1.165, 1.54) is 13.8 Å². The minimum atomic E-state index is -3.92. The van der Waals surface area contributed by atoms with Crippen LogP contribution in [0.25, 0.3) is 0 Å². The van der Waals surface area contributed by atoms with Gasteiger partial charge >= 0.3 is 18.0 Å². The molecule has 0 aromatic rings. The molecule has 0 aromatic heterocycles. The average molecular weight is 461 g/mol. The summed E-state index contributed by atoms with van der Waals surface area (Å²) in [7, 11) is -3.92. The van der Waals surface area contributed by atoms with Crippen LogP contribution in [0.4, 0.5) is 4.79 Å². The Hall–Kier alpha value is -2.63. The van der Waals surface area contributed by atoms with Gasteiger partial charge in [0.2, 0.25) is 5.91 Å². The van der Waals surface area contributed by atoms with E-state index in [1.54, 1.807) is 20.8 Å². The Morgan fingerprint density at radius 3 is 2.39 bits per heavy atom. The van der Waals surface area contributed by atoms with Crippen LogP contribution in [0.2, 0.25) is 0 Å². The van der Waals surface area contributed by atoms with Gasteiger partial charge in [-0.15, -0.1) is 0 Å². The molecule has 174 valence electrons. The third kappa shape index (κ3) is 5.00. The highest BCUT2D eigenvalue weighted by Crippen LogP contribution is 2.58. The van der Waals surface area contributed by atoms with Crippen molar-refractivity contribution >= 4 is 33.8 Å². The van der Waals surface area contributed by atoms with Crippen LogP contribution in [0.1, 0.15) is 34.6 Å². The fraction of sp³-hybridized carbons (Fsp3) is 0.684. The van der Waals surface area contributed by atoms with Gasteiger partial charge in [0.25, 0.3) is 0 Å². The van der Waals surface area contributed by atoms with Crippen molar-refractivity contribution in [2.45, 2.75) is 57.1 Å². The van der Waals surface area contributed by atoms with Crippen molar-refractivity contribution in [3.63, 3.8) is 0 Å². The maximum absolute atomic E-state index is 12.8. The Balaban J connectivity index is 2.28. The number of hydrogen-bond acceptors (Lipinski definition) is 9. The number of fused-ring (bicyclic) bond motifs is 1. The lowest BCUT2D eigenvalue weighted by Crippen LogP contribution is -2.62. The predicted octanol–water partition coefficient (Wildman–Crippen LogP) is 0.0474. The molecule has 1 saturated carbocycles. The van der Waals surface area contributed by atoms with Gasteiger partial charge in [-0.05, 0) is 34.6 Å². The number of alkyl carbamates (subject to hydrolysis) is 1. The summed E-state index contributed by atoms with van der Waals surface area (Å²) in [6.45, 7) is 11.0. The van der Waals surface area contributed by atoms with E-state index in [0.717, 1.165) is 6.26 Å². The van der Waals surface area contributed by atoms with Crippen molar-refractivity contribution in [1.29, 1.82) is 0 Å². The first-order valence-corrected chi connectivity index (χ1v) is 11.4. The molecule has 11 nitrogen and oxygen atoms in total. The topological polar surface area (TPSA) is 154 Å². The Labute approximate surface area is 180 Å². The Kier molecular flexibility index (Phi) is 6.74. The van der Waals surface area contributed by atoms with Gasteiger partial charge in [0.1, 0.15) is 11.6 Å². The molecule has 2 fully saturated rings. The predicted molar refractivity (Wildman–Crippen MR) is 107 cm³/mol. The van der Waals surface area contributed by atoms with Crippen LogP contribution in [0.5, 0.6) is 0 Å². The molecule has 1 heterocycles. The van der Waals surface area contributed by atoms with Crippen molar-refractivity contribution in [2.75, 3.05) is 12.4 Å². The van der Waals surface area contributed by atoms with E-state index in [2.05, 4.69) is 17.2 Å². The summed E-state index contributed by atoms with van der Waals surface area (Å²) in [4.78, 5) is 49.7. The molecule has 0 bridgehead atoms. The van der Waals surface area contributed by atoms with Crippen molar-refractivity contribution < 1.29 is 41.8 Å². The van der Waals surface area contributed by atoms with E-state index in [1.807, 2.05) is 0 Å². The normalized spacial score (nSPS) is 29.0. The zero-order valence-corrected chi connectivity index (χ0v) is 18.9. The Morgan fingerprint density at radius 2 is 1.87 bits per heavy atom. The highest BCUT2D eigenvalue weighted by Gasteiger charge is 2.79. The minimum absolute atomic E-state index is 0.0681. The fourth-order valence-electron chi connectivity index (χ4n) is 3.77. The number of carbonyl (C=O) groups is 4. The first kappa shape index (κ1) is 24.6. The summed E-state index contributed by atoms with van der Waals surface area (Å²) in [6.07, 6.45) is -0.00315. The zero-order valence-electron chi connectivity index (χ0n) is 18.1. The summed E-state index contributed by atoms with van der Waals surface area (Å²) in [6, 6.07) is -1.17. The van der Waals surface area contributed by atoms with Crippen LogP contribution in [0.3, 0.4) is 0 Å². The van der Waals surface area contributed by atoms with Crippen LogP contribution < -0.4 is 10.6 Å². The van der Waals surface area contributed by atoms with Gasteiger partial charge in [0.05, 0.1) is 29.8 Å². The second kappa shape index (κ2) is 8.48. The lowest BCUT2D eigenvalue weighted by molar-refractivity contribution is -0.154. The van der Waals surface area contributed by atoms with E-state index in [4.69, 9.17) is 14.2 Å². The summed E-state index contributed by atoms with van der Waals surface area (Å²) in [5, 5.41) is 3.56. The number of nitrogens with one attached hydrogen (secondary N) is 2. The van der Waals surface area contributed by atoms with Crippen LogP contribution in [-0.4, -0.2) is 67.1 Å². The lowest BCUT2D eigenvalue weighted by Gasteiger charge is -2.31. The largest absolute Gasteiger partial charge is 0.464 e. The van der Waals surface area contributed by atoms with Gasteiger partial charge in [-0.2, -0.15) is 0 Å². The molecule has 31 heavy (non-hydrogen) atoms. The SMILES string of the molecule is C=COC(=O)[C@@H]1[C@@H]2[C@H]1S(=O)(=O)C[C@]2(NC(=O)[C@H](C)NC(=O)OC(C)(C)C)C(=O)OCC. The van der Waals surface area contributed by atoms with Crippen LogP contribution >= 0.6 is 0 Å². The van der Waals surface area contributed by atoms with Gasteiger partial charge < -0.3 is 24.8 Å². The second-order valence-corrected chi connectivity index (χ2v) is 10.6. The van der Waals surface area contributed by atoms with Crippen LogP contribution in [0, 0.1) is 11.8 Å². The molecule has 0 aromatic carbocycles. The monoisotopic (exact) mass is 460 g/mol. The van der Waals surface area contributed by atoms with Crippen molar-refractivity contribution in [2.24, 2.45) is 11.8 Å². The van der Waals surface area contributed by atoms with Gasteiger partial charge in [-0.25, -0.2) is 18.0 Å². The molecule has 0 unspecified atom stereocenters. The minimum Gasteiger partial charge on any atom is -0.464 e. The van der Waals surface area contributed by atoms with Gasteiger partial charge in [-0.1, -0.05) is 6.58 Å². The molecule has 1 aliphatic heterocycles. The number of sulfone groups is 1. The summed E-state index contributed by atoms with van der Waals surface area (Å²) in [5.74, 6) is -5.60. The number of ether oxygens (including phenoxy) is 3. The van der Waals surface area contributed by atoms with Gasteiger partial charge in [-0.3, -0.25) is 9.59 Å². The standard InChI is InChI=1S/C19H28N2O9S/c1-7-28-15(23)11-12-13(11)31(26,27)9-19(12,16(24)29-8-2)21-14(22)10(3)20-17(25)30-18(4,5)6/h7,10-13H,1,8-9H2,2-6H3,(H,20,25)(H,21,22)/t10-,11+,12+,13-,19+/m0/s1. The zero-order chi connectivity index (χ0) is 23.8. The van der Waals surface area contributed by atoms with Gasteiger partial charge in [0, 0.05) is 5.92 Å². The van der Waals surface area contributed by atoms with E-state index >= 15 is 0 Å². The first-order chi connectivity index (χ1) is 14.2. The highest BCUT2D eigenvalue weighted by molar-refractivity contribution is 7.92. The molecule has 2 rings (SSSR count). The van der Waals surface area contributed by atoms with Crippen molar-refractivity contribution in [3.8, 4) is 0 Å². The van der Waals surface area contributed by atoms with E-state index in [-0.39, 0.29) is 6.61 Å². The quantitative estimate of drug-likeness (QED) is 0.304. The molecule has 0 spiro atoms. The van der Waals surface area contributed by atoms with Crippen molar-refractivity contribution in [1.82, 2.24) is 10.6 Å². The number of carbonyl (C=O) groups excluding carboxylic acids is 4. The molecule has 2 aliphatic rings. The van der Waals surface area contributed by atoms with E-state index in [9.17, 15) is 27.6 Å². The molecule has 0 radical (unpaired) electrons. The summed E-state index contributed by atoms with van der Waals surface area (Å²) >= 11 is 0. The molecular weight excluding hydrogens is 432 g/mol. The molecule has 1 saturated heterocycles. The molecule has 2 N–H and O–H groups in total. The van der Waals surface area contributed by atoms with Crippen LogP contribution in [0.15, 0.2) is 12.8 Å². The number of esters is 2. The number of hydrogen-bond donors (Lipinski definition) is 2. The molecular formula is C19H28N2O9S. The second-order valence-electron chi connectivity index (χ2n) is 8.48. The highest BCUT2D eigenvalue weighted by atomic mass is 32.2. The molecule has 1 aliphatic carbocycles. The van der Waals surface area contributed by atoms with Crippen LogP contribution in [-0.2, 0) is 38.4 Å². The van der Waals surface area contributed by atoms with E-state index in [0.29, 0.717) is 0 Å². The third-order valence-corrected chi connectivity index (χ3v) is 7.22. The van der Waals surface area contributed by atoms with E-state index < -0.39 is 73.8 Å². The van der Waals surface area contributed by atoms with Gasteiger partial charge in [0.15, 0.2) is 15.4 Å². The smallest absolute Gasteiger partial charge is 0.408 e. The summed E-state index contributed by atoms with van der Waals surface area (Å²) < 4.78 is 40.1. The molecule has 12 heteroatoms.